The van der Waals surface area contributed by atoms with Crippen LogP contribution in [0.3, 0.4) is 0 Å². The second-order valence-corrected chi connectivity index (χ2v) is 4.01. The van der Waals surface area contributed by atoms with Crippen LogP contribution in [0.5, 0.6) is 5.75 Å². The summed E-state index contributed by atoms with van der Waals surface area (Å²) < 4.78 is 65.0. The van der Waals surface area contributed by atoms with Crippen LogP contribution in [0.1, 0.15) is 0 Å². The van der Waals surface area contributed by atoms with Gasteiger partial charge in [-0.05, 0) is 23.3 Å². The van der Waals surface area contributed by atoms with Crippen molar-refractivity contribution in [3.05, 3.63) is 54.6 Å². The number of benzene rings is 2. The Morgan fingerprint density at radius 2 is 1.15 bits per heavy atom. The highest BCUT2D eigenvalue weighted by Gasteiger charge is 2.61. The zero-order valence-corrected chi connectivity index (χ0v) is 9.99. The second kappa shape index (κ2) is 5.11. The minimum atomic E-state index is -5.74. The van der Waals surface area contributed by atoms with Crippen LogP contribution in [0.15, 0.2) is 54.6 Å². The highest BCUT2D eigenvalue weighted by atomic mass is 19.4. The molecule has 0 aliphatic heterocycles. The van der Waals surface area contributed by atoms with Gasteiger partial charge in [-0.2, -0.15) is 22.0 Å². The Morgan fingerprint density at radius 3 is 1.65 bits per heavy atom. The maximum Gasteiger partial charge on any atom is 0.499 e. The van der Waals surface area contributed by atoms with E-state index >= 15 is 0 Å². The van der Waals surface area contributed by atoms with E-state index in [0.717, 1.165) is 17.7 Å². The quantitative estimate of drug-likeness (QED) is 0.731. The molecule has 1 nitrogen and oxygen atoms in total. The largest absolute Gasteiger partial charge is 0.499 e. The Bertz CT molecular complexity index is 560. The van der Waals surface area contributed by atoms with Crippen molar-refractivity contribution in [2.45, 2.75) is 12.3 Å². The second-order valence-electron chi connectivity index (χ2n) is 4.01. The molecule has 0 fully saturated rings. The highest BCUT2D eigenvalue weighted by Crippen LogP contribution is 2.37. The van der Waals surface area contributed by atoms with E-state index in [1.54, 1.807) is 24.3 Å². The molecule has 0 unspecified atom stereocenters. The van der Waals surface area contributed by atoms with Gasteiger partial charge in [-0.15, -0.1) is 0 Å². The van der Waals surface area contributed by atoms with Gasteiger partial charge in [0, 0.05) is 0 Å². The monoisotopic (exact) mass is 288 g/mol. The van der Waals surface area contributed by atoms with Crippen molar-refractivity contribution in [1.82, 2.24) is 0 Å². The lowest BCUT2D eigenvalue weighted by Gasteiger charge is -2.20. The summed E-state index contributed by atoms with van der Waals surface area (Å²) in [6.45, 7) is 0. The molecule has 0 atom stereocenters. The van der Waals surface area contributed by atoms with E-state index in [1.165, 1.54) is 12.1 Å². The van der Waals surface area contributed by atoms with Crippen molar-refractivity contribution in [1.29, 1.82) is 0 Å². The summed E-state index contributed by atoms with van der Waals surface area (Å²) in [6, 6.07) is 13.9. The maximum atomic E-state index is 12.7. The standard InChI is InChI=1S/C14H9F5O/c15-13(16,17)14(18,19)20-12-8-6-11(7-9-12)10-4-2-1-3-5-10/h1-9H. The lowest BCUT2D eigenvalue weighted by Crippen LogP contribution is -2.41. The number of ether oxygens (including phenoxy) is 1. The average molecular weight is 288 g/mol. The van der Waals surface area contributed by atoms with Gasteiger partial charge < -0.3 is 4.74 Å². The zero-order chi connectivity index (χ0) is 14.8. The molecule has 0 saturated carbocycles. The number of rotatable bonds is 3. The van der Waals surface area contributed by atoms with Gasteiger partial charge in [-0.25, -0.2) is 0 Å². The molecule has 0 aliphatic rings. The third-order valence-corrected chi connectivity index (χ3v) is 2.54. The van der Waals surface area contributed by atoms with E-state index in [0.29, 0.717) is 5.56 Å². The van der Waals surface area contributed by atoms with Crippen LogP contribution < -0.4 is 4.74 Å². The summed E-state index contributed by atoms with van der Waals surface area (Å²) in [6.07, 6.45) is -11.0. The van der Waals surface area contributed by atoms with Crippen LogP contribution in [0, 0.1) is 0 Å². The minimum absolute atomic E-state index is 0.549. The van der Waals surface area contributed by atoms with Crippen LogP contribution in [-0.2, 0) is 0 Å². The van der Waals surface area contributed by atoms with E-state index < -0.39 is 18.0 Å². The maximum absolute atomic E-state index is 12.7. The summed E-state index contributed by atoms with van der Waals surface area (Å²) >= 11 is 0. The van der Waals surface area contributed by atoms with E-state index in [2.05, 4.69) is 4.74 Å². The van der Waals surface area contributed by atoms with Crippen molar-refractivity contribution >= 4 is 0 Å². The zero-order valence-electron chi connectivity index (χ0n) is 9.99. The normalized spacial score (nSPS) is 12.2. The molecule has 0 spiro atoms. The topological polar surface area (TPSA) is 9.23 Å². The first kappa shape index (κ1) is 14.3. The van der Waals surface area contributed by atoms with Crippen LogP contribution in [-0.4, -0.2) is 12.3 Å². The molecule has 0 amide bonds. The van der Waals surface area contributed by atoms with Crippen LogP contribution >= 0.6 is 0 Å². The van der Waals surface area contributed by atoms with Gasteiger partial charge in [0.05, 0.1) is 0 Å². The summed E-state index contributed by atoms with van der Waals surface area (Å²) in [5.41, 5.74) is 1.51. The SMILES string of the molecule is FC(F)(F)C(F)(F)Oc1ccc(-c2ccccc2)cc1. The summed E-state index contributed by atoms with van der Waals surface area (Å²) in [7, 11) is 0. The first-order chi connectivity index (χ1) is 9.29. The molecule has 106 valence electrons. The predicted octanol–water partition coefficient (Wildman–Crippen LogP) is 4.89. The molecule has 0 bridgehead atoms. The van der Waals surface area contributed by atoms with Gasteiger partial charge in [-0.1, -0.05) is 42.5 Å². The first-order valence-corrected chi connectivity index (χ1v) is 5.59. The summed E-state index contributed by atoms with van der Waals surface area (Å²) in [5.74, 6) is -0.549. The van der Waals surface area contributed by atoms with Gasteiger partial charge in [0.1, 0.15) is 5.75 Å². The van der Waals surface area contributed by atoms with Crippen molar-refractivity contribution in [3.63, 3.8) is 0 Å². The molecule has 0 N–H and O–H groups in total. The Labute approximate surface area is 111 Å². The fourth-order valence-corrected chi connectivity index (χ4v) is 1.55. The van der Waals surface area contributed by atoms with Gasteiger partial charge in [0.2, 0.25) is 0 Å². The highest BCUT2D eigenvalue weighted by molar-refractivity contribution is 5.63. The van der Waals surface area contributed by atoms with Gasteiger partial charge >= 0.3 is 12.3 Å². The molecule has 20 heavy (non-hydrogen) atoms. The van der Waals surface area contributed by atoms with Gasteiger partial charge in [0.15, 0.2) is 0 Å². The fourth-order valence-electron chi connectivity index (χ4n) is 1.55. The van der Waals surface area contributed by atoms with Crippen molar-refractivity contribution in [2.24, 2.45) is 0 Å². The minimum Gasteiger partial charge on any atom is -0.426 e. The molecular formula is C14H9F5O. The number of alkyl halides is 5. The molecule has 0 heterocycles. The summed E-state index contributed by atoms with van der Waals surface area (Å²) in [4.78, 5) is 0. The van der Waals surface area contributed by atoms with Gasteiger partial charge in [0.25, 0.3) is 0 Å². The van der Waals surface area contributed by atoms with Crippen molar-refractivity contribution in [2.75, 3.05) is 0 Å². The molecule has 0 saturated heterocycles. The summed E-state index contributed by atoms with van der Waals surface area (Å²) in [5, 5.41) is 0. The fraction of sp³-hybridized carbons (Fsp3) is 0.143. The van der Waals surface area contributed by atoms with Crippen LogP contribution in [0.25, 0.3) is 11.1 Å². The molecular weight excluding hydrogens is 279 g/mol. The van der Waals surface area contributed by atoms with Crippen LogP contribution in [0.4, 0.5) is 22.0 Å². The molecule has 2 aromatic rings. The molecule has 0 aliphatic carbocycles. The van der Waals surface area contributed by atoms with Gasteiger partial charge in [-0.3, -0.25) is 0 Å². The van der Waals surface area contributed by atoms with E-state index in [1.807, 2.05) is 6.07 Å². The number of hydrogen-bond acceptors (Lipinski definition) is 1. The van der Waals surface area contributed by atoms with E-state index in [-0.39, 0.29) is 0 Å². The average Bonchev–Trinajstić information content (AvgIpc) is 2.39. The van der Waals surface area contributed by atoms with Crippen LogP contribution in [0.2, 0.25) is 0 Å². The molecule has 2 aromatic carbocycles. The Kier molecular flexibility index (Phi) is 3.65. The van der Waals surface area contributed by atoms with Crippen molar-refractivity contribution in [3.8, 4) is 16.9 Å². The molecule has 6 heteroatoms. The Hall–Kier alpha value is -2.11. The lowest BCUT2D eigenvalue weighted by molar-refractivity contribution is -0.360. The number of halogens is 5. The Balaban J connectivity index is 2.18. The first-order valence-electron chi connectivity index (χ1n) is 5.59. The third kappa shape index (κ3) is 3.07. The van der Waals surface area contributed by atoms with E-state index in [4.69, 9.17) is 0 Å². The molecule has 0 radical (unpaired) electrons. The number of hydrogen-bond donors (Lipinski definition) is 0. The molecule has 2 rings (SSSR count). The van der Waals surface area contributed by atoms with E-state index in [9.17, 15) is 22.0 Å². The third-order valence-electron chi connectivity index (χ3n) is 2.54. The van der Waals surface area contributed by atoms with Crippen molar-refractivity contribution < 1.29 is 26.7 Å². The predicted molar refractivity (Wildman–Crippen MR) is 63.5 cm³/mol. The Morgan fingerprint density at radius 1 is 0.650 bits per heavy atom. The molecule has 0 aromatic heterocycles. The smallest absolute Gasteiger partial charge is 0.426 e. The lowest BCUT2D eigenvalue weighted by atomic mass is 10.1.